The molecule has 3 nitrogen and oxygen atoms in total. The molecule has 0 aliphatic rings. The minimum Gasteiger partial charge on any atom is -0.241 e. The Morgan fingerprint density at radius 3 is 2.83 bits per heavy atom. The number of rotatable bonds is 1. The van der Waals surface area contributed by atoms with Gasteiger partial charge in [0, 0.05) is 17.8 Å². The molecule has 0 N–H and O–H groups in total. The van der Waals surface area contributed by atoms with E-state index in [9.17, 15) is 0 Å². The molecule has 0 radical (unpaired) electrons. The summed E-state index contributed by atoms with van der Waals surface area (Å²) in [4.78, 5) is 12.1. The Labute approximate surface area is 78.1 Å². The maximum atomic E-state index is 5.69. The average molecular weight is 198 g/mol. The van der Waals surface area contributed by atoms with E-state index in [2.05, 4.69) is 15.0 Å². The van der Waals surface area contributed by atoms with Crippen LogP contribution in [0.2, 0.25) is 5.15 Å². The molecule has 0 atom stereocenters. The number of hydrogen-bond donors (Lipinski definition) is 0. The Bertz CT molecular complexity index is 374. The zero-order chi connectivity index (χ0) is 8.39. The molecule has 0 amide bonds. The lowest BCUT2D eigenvalue weighted by Crippen LogP contribution is -1.86. The molecule has 2 aromatic rings. The van der Waals surface area contributed by atoms with E-state index in [0.29, 0.717) is 11.0 Å². The topological polar surface area (TPSA) is 38.7 Å². The Balaban J connectivity index is 2.48. The smallest absolute Gasteiger partial charge is 0.190 e. The largest absolute Gasteiger partial charge is 0.241 e. The van der Waals surface area contributed by atoms with Gasteiger partial charge in [-0.15, -0.1) is 11.3 Å². The number of nitrogens with zero attached hydrogens (tertiary/aromatic N) is 3. The van der Waals surface area contributed by atoms with Crippen LogP contribution >= 0.6 is 22.9 Å². The molecule has 0 saturated heterocycles. The minimum absolute atomic E-state index is 0.440. The van der Waals surface area contributed by atoms with Crippen molar-refractivity contribution in [2.45, 2.75) is 0 Å². The molecule has 0 unspecified atom stereocenters. The molecule has 12 heavy (non-hydrogen) atoms. The summed E-state index contributed by atoms with van der Waals surface area (Å²) in [5.74, 6) is 0.581. The van der Waals surface area contributed by atoms with Crippen molar-refractivity contribution in [1.29, 1.82) is 0 Å². The van der Waals surface area contributed by atoms with Gasteiger partial charge in [-0.1, -0.05) is 11.6 Å². The monoisotopic (exact) mass is 197 g/mol. The molecule has 2 heterocycles. The summed E-state index contributed by atoms with van der Waals surface area (Å²) in [5.41, 5.74) is 0. The van der Waals surface area contributed by atoms with Crippen LogP contribution in [-0.4, -0.2) is 15.0 Å². The highest BCUT2D eigenvalue weighted by Crippen LogP contribution is 2.17. The quantitative estimate of drug-likeness (QED) is 0.659. The van der Waals surface area contributed by atoms with E-state index in [1.54, 1.807) is 18.5 Å². The molecule has 0 aliphatic heterocycles. The second-order valence-electron chi connectivity index (χ2n) is 2.04. The molecule has 0 bridgehead atoms. The third kappa shape index (κ3) is 1.44. The maximum Gasteiger partial charge on any atom is 0.190 e. The van der Waals surface area contributed by atoms with Gasteiger partial charge >= 0.3 is 0 Å². The highest BCUT2D eigenvalue weighted by atomic mass is 35.5. The van der Waals surface area contributed by atoms with Gasteiger partial charge in [-0.05, 0) is 6.07 Å². The van der Waals surface area contributed by atoms with E-state index in [1.165, 1.54) is 11.3 Å². The highest BCUT2D eigenvalue weighted by molar-refractivity contribution is 7.12. The maximum absolute atomic E-state index is 5.69. The molecule has 60 valence electrons. The SMILES string of the molecule is Clc1ccnc(-c2nccs2)n1. The molecule has 5 heteroatoms. The number of aromatic nitrogens is 3. The van der Waals surface area contributed by atoms with E-state index in [-0.39, 0.29) is 0 Å². The van der Waals surface area contributed by atoms with Crippen molar-refractivity contribution in [3.8, 4) is 10.8 Å². The normalized spacial score (nSPS) is 10.1. The first-order valence-electron chi connectivity index (χ1n) is 3.24. The van der Waals surface area contributed by atoms with Crippen LogP contribution in [0.25, 0.3) is 10.8 Å². The molecule has 0 spiro atoms. The van der Waals surface area contributed by atoms with Gasteiger partial charge in [0.05, 0.1) is 0 Å². The number of thiazole rings is 1. The Morgan fingerprint density at radius 2 is 2.17 bits per heavy atom. The average Bonchev–Trinajstić information content (AvgIpc) is 2.56. The third-order valence-corrected chi connectivity index (χ3v) is 2.22. The summed E-state index contributed by atoms with van der Waals surface area (Å²) < 4.78 is 0. The van der Waals surface area contributed by atoms with E-state index in [4.69, 9.17) is 11.6 Å². The summed E-state index contributed by atoms with van der Waals surface area (Å²) in [6, 6.07) is 1.64. The third-order valence-electron chi connectivity index (χ3n) is 1.25. The Hall–Kier alpha value is -1.00. The fraction of sp³-hybridized carbons (Fsp3) is 0. The first-order valence-corrected chi connectivity index (χ1v) is 4.50. The summed E-state index contributed by atoms with van der Waals surface area (Å²) in [5, 5.41) is 3.10. The summed E-state index contributed by atoms with van der Waals surface area (Å²) >= 11 is 7.18. The first-order chi connectivity index (χ1) is 5.86. The lowest BCUT2D eigenvalue weighted by molar-refractivity contribution is 1.16. The Kier molecular flexibility index (Phi) is 2.01. The molecular formula is C7H4ClN3S. The summed E-state index contributed by atoms with van der Waals surface area (Å²) in [6.07, 6.45) is 3.33. The van der Waals surface area contributed by atoms with Gasteiger partial charge in [-0.2, -0.15) is 0 Å². The fourth-order valence-electron chi connectivity index (χ4n) is 0.774. The van der Waals surface area contributed by atoms with Crippen LogP contribution < -0.4 is 0 Å². The van der Waals surface area contributed by atoms with Crippen LogP contribution in [0.3, 0.4) is 0 Å². The highest BCUT2D eigenvalue weighted by Gasteiger charge is 2.02. The van der Waals surface area contributed by atoms with Crippen molar-refractivity contribution in [3.63, 3.8) is 0 Å². The van der Waals surface area contributed by atoms with Crippen LogP contribution in [0.1, 0.15) is 0 Å². The zero-order valence-electron chi connectivity index (χ0n) is 5.94. The predicted molar refractivity (Wildman–Crippen MR) is 48.2 cm³/mol. The van der Waals surface area contributed by atoms with Gasteiger partial charge in [0.1, 0.15) is 5.15 Å². The first kappa shape index (κ1) is 7.64. The molecule has 0 aromatic carbocycles. The van der Waals surface area contributed by atoms with Crippen molar-refractivity contribution in [3.05, 3.63) is 29.0 Å². The van der Waals surface area contributed by atoms with Crippen molar-refractivity contribution in [2.75, 3.05) is 0 Å². The van der Waals surface area contributed by atoms with E-state index in [0.717, 1.165) is 5.01 Å². The van der Waals surface area contributed by atoms with Crippen molar-refractivity contribution < 1.29 is 0 Å². The minimum atomic E-state index is 0.440. The standard InChI is InChI=1S/C7H4ClN3S/c8-5-1-2-9-6(11-5)7-10-3-4-12-7/h1-4H. The number of hydrogen-bond acceptors (Lipinski definition) is 4. The van der Waals surface area contributed by atoms with E-state index in [1.807, 2.05) is 5.38 Å². The van der Waals surface area contributed by atoms with Gasteiger partial charge in [-0.25, -0.2) is 15.0 Å². The molecular weight excluding hydrogens is 194 g/mol. The predicted octanol–water partition coefficient (Wildman–Crippen LogP) is 2.25. The van der Waals surface area contributed by atoms with E-state index >= 15 is 0 Å². The van der Waals surface area contributed by atoms with Crippen LogP contribution in [0.5, 0.6) is 0 Å². The van der Waals surface area contributed by atoms with Gasteiger partial charge < -0.3 is 0 Å². The van der Waals surface area contributed by atoms with Crippen molar-refractivity contribution >= 4 is 22.9 Å². The summed E-state index contributed by atoms with van der Waals surface area (Å²) in [6.45, 7) is 0. The van der Waals surface area contributed by atoms with Gasteiger partial charge in [-0.3, -0.25) is 0 Å². The van der Waals surface area contributed by atoms with Crippen LogP contribution in [0.4, 0.5) is 0 Å². The fourth-order valence-corrected chi connectivity index (χ4v) is 1.49. The molecule has 0 aliphatic carbocycles. The van der Waals surface area contributed by atoms with Gasteiger partial charge in [0.2, 0.25) is 0 Å². The van der Waals surface area contributed by atoms with Gasteiger partial charge in [0.15, 0.2) is 10.8 Å². The van der Waals surface area contributed by atoms with Crippen LogP contribution in [0.15, 0.2) is 23.8 Å². The van der Waals surface area contributed by atoms with Crippen LogP contribution in [0, 0.1) is 0 Å². The summed E-state index contributed by atoms with van der Waals surface area (Å²) in [7, 11) is 0. The van der Waals surface area contributed by atoms with Crippen molar-refractivity contribution in [1.82, 2.24) is 15.0 Å². The lowest BCUT2D eigenvalue weighted by atomic mass is 10.6. The molecule has 0 saturated carbocycles. The molecule has 2 aromatic heterocycles. The Morgan fingerprint density at radius 1 is 1.25 bits per heavy atom. The molecule has 2 rings (SSSR count). The van der Waals surface area contributed by atoms with E-state index < -0.39 is 0 Å². The van der Waals surface area contributed by atoms with Gasteiger partial charge in [0.25, 0.3) is 0 Å². The van der Waals surface area contributed by atoms with Crippen LogP contribution in [-0.2, 0) is 0 Å². The lowest BCUT2D eigenvalue weighted by Gasteiger charge is -1.92. The molecule has 0 fully saturated rings. The zero-order valence-corrected chi connectivity index (χ0v) is 7.51. The number of halogens is 1. The second-order valence-corrected chi connectivity index (χ2v) is 3.32. The second kappa shape index (κ2) is 3.16. The van der Waals surface area contributed by atoms with Crippen molar-refractivity contribution in [2.24, 2.45) is 0 Å².